The van der Waals surface area contributed by atoms with Gasteiger partial charge in [-0.15, -0.1) is 11.8 Å². The summed E-state index contributed by atoms with van der Waals surface area (Å²) in [5, 5.41) is 8.83. The first-order valence-corrected chi connectivity index (χ1v) is 6.38. The van der Waals surface area contributed by atoms with Gasteiger partial charge in [-0.3, -0.25) is 0 Å². The normalized spacial score (nSPS) is 10.8. The Morgan fingerprint density at radius 1 is 0.824 bits per heavy atom. The molecule has 2 aromatic carbocycles. The van der Waals surface area contributed by atoms with Gasteiger partial charge < -0.3 is 0 Å². The zero-order valence-corrected chi connectivity index (χ0v) is 9.97. The van der Waals surface area contributed by atoms with Gasteiger partial charge in [0.25, 0.3) is 0 Å². The topological polar surface area (TPSA) is 30.7 Å². The van der Waals surface area contributed by atoms with Crippen molar-refractivity contribution in [2.75, 3.05) is 0 Å². The molecule has 0 bridgehead atoms. The van der Waals surface area contributed by atoms with Gasteiger partial charge in [0.1, 0.15) is 16.9 Å². The van der Waals surface area contributed by atoms with Crippen LogP contribution in [-0.2, 0) is 5.88 Å². The monoisotopic (exact) mass is 241 g/mol. The first kappa shape index (κ1) is 10.4. The number of benzene rings is 2. The predicted octanol–water partition coefficient (Wildman–Crippen LogP) is 3.18. The highest BCUT2D eigenvalue weighted by molar-refractivity contribution is 7.98. The van der Waals surface area contributed by atoms with E-state index >= 15 is 0 Å². The fraction of sp³-hybridized carbons (Fsp3) is 0.0769. The highest BCUT2D eigenvalue weighted by Gasteiger charge is 2.01. The second-order valence-electron chi connectivity index (χ2n) is 3.65. The second kappa shape index (κ2) is 4.59. The summed E-state index contributed by atoms with van der Waals surface area (Å²) in [4.78, 5) is 2.97. The van der Waals surface area contributed by atoms with Gasteiger partial charge in [0.2, 0.25) is 0 Å². The average molecular weight is 241 g/mol. The predicted molar refractivity (Wildman–Crippen MR) is 69.8 cm³/mol. The van der Waals surface area contributed by atoms with Crippen LogP contribution in [0.5, 0.6) is 0 Å². The highest BCUT2D eigenvalue weighted by atomic mass is 32.2. The molecule has 0 N–H and O–H groups in total. The Kier molecular flexibility index (Phi) is 2.80. The van der Waals surface area contributed by atoms with Crippen molar-refractivity contribution in [2.45, 2.75) is 10.8 Å². The summed E-state index contributed by atoms with van der Waals surface area (Å²) in [5.41, 5.74) is 1.89. The molecule has 3 aromatic rings. The van der Waals surface area contributed by atoms with Gasteiger partial charge in [-0.25, -0.2) is 0 Å². The molecule has 3 nitrogen and oxygen atoms in total. The maximum absolute atomic E-state index is 4.41. The van der Waals surface area contributed by atoms with Crippen molar-refractivity contribution in [3.05, 3.63) is 54.6 Å². The van der Waals surface area contributed by atoms with E-state index < -0.39 is 0 Å². The Labute approximate surface area is 103 Å². The molecule has 0 aliphatic rings. The van der Waals surface area contributed by atoms with Crippen LogP contribution in [0.2, 0.25) is 0 Å². The number of hydrogen-bond donors (Lipinski definition) is 0. The van der Waals surface area contributed by atoms with Gasteiger partial charge in [-0.1, -0.05) is 30.3 Å². The lowest BCUT2D eigenvalue weighted by Gasteiger charge is -1.99. The quantitative estimate of drug-likeness (QED) is 0.660. The Bertz CT molecular complexity index is 586. The van der Waals surface area contributed by atoms with Gasteiger partial charge >= 0.3 is 0 Å². The maximum Gasteiger partial charge on any atom is 0.113 e. The van der Waals surface area contributed by atoms with Crippen LogP contribution in [0.15, 0.2) is 59.5 Å². The number of aromatic nitrogens is 3. The van der Waals surface area contributed by atoms with Crippen molar-refractivity contribution >= 4 is 22.8 Å². The number of fused-ring (bicyclic) bond motifs is 1. The van der Waals surface area contributed by atoms with Gasteiger partial charge in [-0.05, 0) is 24.3 Å². The molecule has 0 aliphatic carbocycles. The number of thioether (sulfide) groups is 1. The Morgan fingerprint density at radius 2 is 1.41 bits per heavy atom. The van der Waals surface area contributed by atoms with Crippen LogP contribution in [0.4, 0.5) is 0 Å². The summed E-state index contributed by atoms with van der Waals surface area (Å²) in [6.07, 6.45) is 0. The Hall–Kier alpha value is -1.81. The number of hydrogen-bond acceptors (Lipinski definition) is 3. The summed E-state index contributed by atoms with van der Waals surface area (Å²) in [6, 6.07) is 18.2. The van der Waals surface area contributed by atoms with Crippen LogP contribution in [0, 0.1) is 0 Å². The van der Waals surface area contributed by atoms with E-state index in [1.807, 2.05) is 42.5 Å². The molecular weight excluding hydrogens is 230 g/mol. The first-order chi connectivity index (χ1) is 8.42. The molecule has 0 atom stereocenters. The number of rotatable bonds is 3. The van der Waals surface area contributed by atoms with Crippen LogP contribution in [0.3, 0.4) is 0 Å². The zero-order chi connectivity index (χ0) is 11.5. The van der Waals surface area contributed by atoms with Crippen molar-refractivity contribution in [1.29, 1.82) is 0 Å². The molecule has 4 heteroatoms. The molecule has 0 unspecified atom stereocenters. The molecule has 1 aromatic heterocycles. The minimum Gasteiger partial charge on any atom is -0.173 e. The fourth-order valence-corrected chi connectivity index (χ4v) is 2.34. The van der Waals surface area contributed by atoms with Crippen LogP contribution in [-0.4, -0.2) is 15.0 Å². The van der Waals surface area contributed by atoms with Crippen molar-refractivity contribution in [3.63, 3.8) is 0 Å². The summed E-state index contributed by atoms with van der Waals surface area (Å²) >= 11 is 1.73. The van der Waals surface area contributed by atoms with Gasteiger partial charge in [0, 0.05) is 4.90 Å². The second-order valence-corrected chi connectivity index (χ2v) is 4.67. The molecule has 0 saturated heterocycles. The smallest absolute Gasteiger partial charge is 0.113 e. The van der Waals surface area contributed by atoms with E-state index in [0.717, 1.165) is 16.9 Å². The number of nitrogens with zero attached hydrogens (tertiary/aromatic N) is 3. The Balaban J connectivity index is 1.77. The van der Waals surface area contributed by atoms with Gasteiger partial charge in [-0.2, -0.15) is 15.0 Å². The van der Waals surface area contributed by atoms with E-state index in [1.54, 1.807) is 16.6 Å². The molecular formula is C13H11N3S. The molecule has 0 aliphatic heterocycles. The molecule has 17 heavy (non-hydrogen) atoms. The summed E-state index contributed by atoms with van der Waals surface area (Å²) < 4.78 is 0. The van der Waals surface area contributed by atoms with Crippen LogP contribution in [0.1, 0.15) is 0 Å². The molecule has 0 radical (unpaired) electrons. The molecule has 84 valence electrons. The van der Waals surface area contributed by atoms with Crippen LogP contribution >= 0.6 is 11.8 Å². The molecule has 0 fully saturated rings. The standard InChI is InChI=1S/C13H11N3S/c1-2-6-11(7-3-1)17-10-16-14-12-8-4-5-9-13(12)15-16/h1-9H,10H2. The Morgan fingerprint density at radius 3 is 2.06 bits per heavy atom. The summed E-state index contributed by atoms with van der Waals surface area (Å²) in [5.74, 6) is 0.735. The minimum atomic E-state index is 0.735. The van der Waals surface area contributed by atoms with Crippen molar-refractivity contribution in [3.8, 4) is 0 Å². The van der Waals surface area contributed by atoms with E-state index in [0.29, 0.717) is 0 Å². The largest absolute Gasteiger partial charge is 0.173 e. The molecule has 3 rings (SSSR count). The SMILES string of the molecule is c1ccc(SCn2nc3ccccc3n2)cc1. The first-order valence-electron chi connectivity index (χ1n) is 5.39. The lowest BCUT2D eigenvalue weighted by molar-refractivity contribution is 0.651. The highest BCUT2D eigenvalue weighted by Crippen LogP contribution is 2.19. The van der Waals surface area contributed by atoms with Crippen molar-refractivity contribution in [1.82, 2.24) is 15.0 Å². The van der Waals surface area contributed by atoms with Crippen molar-refractivity contribution in [2.24, 2.45) is 0 Å². The van der Waals surface area contributed by atoms with E-state index in [2.05, 4.69) is 22.3 Å². The van der Waals surface area contributed by atoms with Gasteiger partial charge in [0.15, 0.2) is 0 Å². The molecule has 1 heterocycles. The van der Waals surface area contributed by atoms with E-state index in [1.165, 1.54) is 4.90 Å². The van der Waals surface area contributed by atoms with Crippen LogP contribution < -0.4 is 0 Å². The van der Waals surface area contributed by atoms with Gasteiger partial charge in [0.05, 0.1) is 0 Å². The van der Waals surface area contributed by atoms with E-state index in [9.17, 15) is 0 Å². The summed E-state index contributed by atoms with van der Waals surface area (Å²) in [7, 11) is 0. The summed E-state index contributed by atoms with van der Waals surface area (Å²) in [6.45, 7) is 0. The average Bonchev–Trinajstić information content (AvgIpc) is 2.80. The lowest BCUT2D eigenvalue weighted by atomic mass is 10.3. The van der Waals surface area contributed by atoms with E-state index in [-0.39, 0.29) is 0 Å². The third-order valence-corrected chi connectivity index (χ3v) is 3.38. The fourth-order valence-electron chi connectivity index (χ4n) is 1.61. The van der Waals surface area contributed by atoms with E-state index in [4.69, 9.17) is 0 Å². The molecule has 0 spiro atoms. The molecule has 0 saturated carbocycles. The minimum absolute atomic E-state index is 0.735. The maximum atomic E-state index is 4.41. The molecule has 0 amide bonds. The lowest BCUT2D eigenvalue weighted by Crippen LogP contribution is -1.98. The van der Waals surface area contributed by atoms with Crippen LogP contribution in [0.25, 0.3) is 11.0 Å². The third kappa shape index (κ3) is 2.31. The zero-order valence-electron chi connectivity index (χ0n) is 9.15. The third-order valence-electron chi connectivity index (χ3n) is 2.42. The van der Waals surface area contributed by atoms with Crippen molar-refractivity contribution < 1.29 is 0 Å².